The molecule has 3 aromatic rings. The molecule has 0 spiro atoms. The molecule has 9 heteroatoms. The number of hydrogen-bond acceptors (Lipinski definition) is 7. The number of hydrogen-bond donors (Lipinski definition) is 1. The van der Waals surface area contributed by atoms with Crippen molar-refractivity contribution in [2.75, 3.05) is 24.3 Å². The van der Waals surface area contributed by atoms with Gasteiger partial charge in [0.15, 0.2) is 11.5 Å². The monoisotopic (exact) mass is 397 g/mol. The summed E-state index contributed by atoms with van der Waals surface area (Å²) in [7, 11) is 0. The number of fused-ring (bicyclic) bond motifs is 1. The van der Waals surface area contributed by atoms with Crippen LogP contribution in [-0.4, -0.2) is 45.1 Å². The van der Waals surface area contributed by atoms with Gasteiger partial charge in [0, 0.05) is 11.8 Å². The fraction of sp³-hybridized carbons (Fsp3) is 0.263. The number of benzene rings is 2. The molecule has 1 amide bonds. The zero-order chi connectivity index (χ0) is 19.5. The number of carbonyl (C=O) groups excluding carboxylic acids is 1. The van der Waals surface area contributed by atoms with Gasteiger partial charge in [-0.1, -0.05) is 23.9 Å². The Morgan fingerprint density at radius 2 is 2.00 bits per heavy atom. The molecule has 0 atom stereocenters. The Balaban J connectivity index is 1.42. The summed E-state index contributed by atoms with van der Waals surface area (Å²) in [5, 5.41) is 15.3. The lowest BCUT2D eigenvalue weighted by Crippen LogP contribution is -2.17. The second-order valence-corrected chi connectivity index (χ2v) is 7.23. The first-order valence-corrected chi connectivity index (χ1v) is 9.77. The molecule has 4 rings (SSSR count). The minimum atomic E-state index is -0.155. The highest BCUT2D eigenvalue weighted by atomic mass is 32.2. The summed E-state index contributed by atoms with van der Waals surface area (Å²) in [5.41, 5.74) is 3.81. The van der Waals surface area contributed by atoms with Crippen LogP contribution in [0.5, 0.6) is 11.5 Å². The first-order valence-electron chi connectivity index (χ1n) is 8.79. The zero-order valence-electron chi connectivity index (χ0n) is 15.5. The molecule has 0 saturated carbocycles. The highest BCUT2D eigenvalue weighted by Crippen LogP contribution is 2.32. The average molecular weight is 397 g/mol. The van der Waals surface area contributed by atoms with Gasteiger partial charge < -0.3 is 14.8 Å². The predicted molar refractivity (Wildman–Crippen MR) is 105 cm³/mol. The van der Waals surface area contributed by atoms with Gasteiger partial charge in [0.1, 0.15) is 13.2 Å². The topological polar surface area (TPSA) is 91.2 Å². The van der Waals surface area contributed by atoms with Crippen LogP contribution in [0.1, 0.15) is 11.1 Å². The fourth-order valence-electron chi connectivity index (χ4n) is 2.83. The molecule has 1 aliphatic heterocycles. The molecule has 2 aromatic carbocycles. The van der Waals surface area contributed by atoms with Crippen LogP contribution in [0.2, 0.25) is 0 Å². The standard InChI is InChI=1S/C19H19N5O3S/c1-12-4-3-5-15(13(12)2)24-19(21-22-23-24)28-11-18(25)20-14-6-7-16-17(10-14)27-9-8-26-16/h3-7,10H,8-9,11H2,1-2H3,(H,20,25). The number of amides is 1. The minimum absolute atomic E-state index is 0.155. The summed E-state index contributed by atoms with van der Waals surface area (Å²) < 4.78 is 12.7. The van der Waals surface area contributed by atoms with E-state index < -0.39 is 0 Å². The quantitative estimate of drug-likeness (QED) is 0.662. The lowest BCUT2D eigenvalue weighted by Gasteiger charge is -2.19. The maximum atomic E-state index is 12.4. The molecule has 0 saturated heterocycles. The van der Waals surface area contributed by atoms with E-state index >= 15 is 0 Å². The van der Waals surface area contributed by atoms with Crippen molar-refractivity contribution in [3.63, 3.8) is 0 Å². The Kier molecular flexibility index (Phi) is 5.16. The lowest BCUT2D eigenvalue weighted by atomic mass is 10.1. The van der Waals surface area contributed by atoms with Crippen LogP contribution in [0.15, 0.2) is 41.6 Å². The molecule has 0 bridgehead atoms. The van der Waals surface area contributed by atoms with Crippen LogP contribution in [-0.2, 0) is 4.79 Å². The lowest BCUT2D eigenvalue weighted by molar-refractivity contribution is -0.113. The number of ether oxygens (including phenoxy) is 2. The molecular formula is C19H19N5O3S. The first-order chi connectivity index (χ1) is 13.6. The van der Waals surface area contributed by atoms with Crippen molar-refractivity contribution in [2.45, 2.75) is 19.0 Å². The van der Waals surface area contributed by atoms with Gasteiger partial charge in [-0.3, -0.25) is 4.79 Å². The van der Waals surface area contributed by atoms with Crippen molar-refractivity contribution in [2.24, 2.45) is 0 Å². The Morgan fingerprint density at radius 3 is 2.86 bits per heavy atom. The molecule has 0 radical (unpaired) electrons. The third-order valence-corrected chi connectivity index (χ3v) is 5.32. The number of aryl methyl sites for hydroxylation is 1. The third kappa shape index (κ3) is 3.79. The smallest absolute Gasteiger partial charge is 0.234 e. The van der Waals surface area contributed by atoms with Gasteiger partial charge in [-0.25, -0.2) is 0 Å². The molecule has 0 unspecified atom stereocenters. The van der Waals surface area contributed by atoms with Gasteiger partial charge in [-0.15, -0.1) is 5.10 Å². The van der Waals surface area contributed by atoms with Crippen molar-refractivity contribution in [3.8, 4) is 17.2 Å². The van der Waals surface area contributed by atoms with E-state index in [0.29, 0.717) is 35.6 Å². The summed E-state index contributed by atoms with van der Waals surface area (Å²) >= 11 is 1.28. The number of tetrazole rings is 1. The number of rotatable bonds is 5. The highest BCUT2D eigenvalue weighted by Gasteiger charge is 2.15. The van der Waals surface area contributed by atoms with Crippen LogP contribution >= 0.6 is 11.8 Å². The van der Waals surface area contributed by atoms with Gasteiger partial charge in [-0.2, -0.15) is 4.68 Å². The van der Waals surface area contributed by atoms with Crippen LogP contribution in [0.25, 0.3) is 5.69 Å². The van der Waals surface area contributed by atoms with Crippen molar-refractivity contribution < 1.29 is 14.3 Å². The SMILES string of the molecule is Cc1cccc(-n2nnnc2SCC(=O)Nc2ccc3c(c2)OCCO3)c1C. The van der Waals surface area contributed by atoms with E-state index in [0.717, 1.165) is 16.8 Å². The number of anilines is 1. The van der Waals surface area contributed by atoms with Gasteiger partial charge in [0.05, 0.1) is 11.4 Å². The number of nitrogens with one attached hydrogen (secondary N) is 1. The van der Waals surface area contributed by atoms with Crippen molar-refractivity contribution >= 4 is 23.4 Å². The van der Waals surface area contributed by atoms with E-state index in [9.17, 15) is 4.79 Å². The number of aromatic nitrogens is 4. The van der Waals surface area contributed by atoms with Crippen LogP contribution in [0.4, 0.5) is 5.69 Å². The molecule has 1 aromatic heterocycles. The molecule has 0 fully saturated rings. The van der Waals surface area contributed by atoms with Crippen LogP contribution in [0, 0.1) is 13.8 Å². The molecule has 8 nitrogen and oxygen atoms in total. The van der Waals surface area contributed by atoms with Gasteiger partial charge >= 0.3 is 0 Å². The van der Waals surface area contributed by atoms with Crippen molar-refractivity contribution in [1.82, 2.24) is 20.2 Å². The molecule has 2 heterocycles. The first kappa shape index (κ1) is 18.3. The second kappa shape index (κ2) is 7.89. The fourth-order valence-corrected chi connectivity index (χ4v) is 3.52. The Labute approximate surface area is 166 Å². The van der Waals surface area contributed by atoms with Gasteiger partial charge in [0.2, 0.25) is 11.1 Å². The molecule has 1 N–H and O–H groups in total. The molecule has 144 valence electrons. The van der Waals surface area contributed by atoms with E-state index in [1.165, 1.54) is 11.8 Å². The average Bonchev–Trinajstić information content (AvgIpc) is 3.17. The van der Waals surface area contributed by atoms with E-state index in [4.69, 9.17) is 9.47 Å². The zero-order valence-corrected chi connectivity index (χ0v) is 16.3. The van der Waals surface area contributed by atoms with Gasteiger partial charge in [-0.05, 0) is 53.6 Å². The molecule has 1 aliphatic rings. The Bertz CT molecular complexity index is 1020. The van der Waals surface area contributed by atoms with E-state index in [-0.39, 0.29) is 11.7 Å². The van der Waals surface area contributed by atoms with E-state index in [1.54, 1.807) is 22.9 Å². The van der Waals surface area contributed by atoms with Gasteiger partial charge in [0.25, 0.3) is 0 Å². The molecule has 0 aliphatic carbocycles. The number of nitrogens with zero attached hydrogens (tertiary/aromatic N) is 4. The van der Waals surface area contributed by atoms with Crippen molar-refractivity contribution in [1.29, 1.82) is 0 Å². The largest absolute Gasteiger partial charge is 0.486 e. The normalized spacial score (nSPS) is 12.6. The van der Waals surface area contributed by atoms with Crippen molar-refractivity contribution in [3.05, 3.63) is 47.5 Å². The number of carbonyl (C=O) groups is 1. The molecular weight excluding hydrogens is 378 g/mol. The van der Waals surface area contributed by atoms with Crippen LogP contribution < -0.4 is 14.8 Å². The maximum absolute atomic E-state index is 12.4. The van der Waals surface area contributed by atoms with E-state index in [1.807, 2.05) is 32.0 Å². The summed E-state index contributed by atoms with van der Waals surface area (Å²) in [5.74, 6) is 1.35. The minimum Gasteiger partial charge on any atom is -0.486 e. The predicted octanol–water partition coefficient (Wildman–Crippen LogP) is 2.78. The summed E-state index contributed by atoms with van der Waals surface area (Å²) in [6.45, 7) is 5.10. The Morgan fingerprint density at radius 1 is 1.18 bits per heavy atom. The van der Waals surface area contributed by atoms with E-state index in [2.05, 4.69) is 20.8 Å². The highest BCUT2D eigenvalue weighted by molar-refractivity contribution is 7.99. The maximum Gasteiger partial charge on any atom is 0.234 e. The number of thioether (sulfide) groups is 1. The second-order valence-electron chi connectivity index (χ2n) is 6.29. The summed E-state index contributed by atoms with van der Waals surface area (Å²) in [6, 6.07) is 11.3. The van der Waals surface area contributed by atoms with Crippen LogP contribution in [0.3, 0.4) is 0 Å². The Hall–Kier alpha value is -3.07. The molecule has 28 heavy (non-hydrogen) atoms. The summed E-state index contributed by atoms with van der Waals surface area (Å²) in [4.78, 5) is 12.4. The summed E-state index contributed by atoms with van der Waals surface area (Å²) in [6.07, 6.45) is 0. The third-order valence-electron chi connectivity index (χ3n) is 4.40.